The fourth-order valence-corrected chi connectivity index (χ4v) is 3.06. The number of piperazine rings is 1. The lowest BCUT2D eigenvalue weighted by Gasteiger charge is -2.34. The van der Waals surface area contributed by atoms with Crippen molar-refractivity contribution in [2.75, 3.05) is 44.2 Å². The Kier molecular flexibility index (Phi) is 4.79. The van der Waals surface area contributed by atoms with Gasteiger partial charge in [-0.1, -0.05) is 11.3 Å². The first-order valence-electron chi connectivity index (χ1n) is 7.41. The molecule has 8 heteroatoms. The van der Waals surface area contributed by atoms with Gasteiger partial charge in [0.1, 0.15) is 11.6 Å². The molecule has 2 aromatic rings. The second-order valence-corrected chi connectivity index (χ2v) is 6.45. The normalized spacial score (nSPS) is 16.0. The van der Waals surface area contributed by atoms with E-state index >= 15 is 0 Å². The molecule has 0 unspecified atom stereocenters. The van der Waals surface area contributed by atoms with Crippen molar-refractivity contribution < 1.29 is 4.74 Å². The molecule has 0 saturated carbocycles. The van der Waals surface area contributed by atoms with Crippen molar-refractivity contribution in [2.24, 2.45) is 0 Å². The summed E-state index contributed by atoms with van der Waals surface area (Å²) in [5, 5.41) is 18.3. The van der Waals surface area contributed by atoms with Gasteiger partial charge in [-0.25, -0.2) is 0 Å². The van der Waals surface area contributed by atoms with Crippen LogP contribution in [0.5, 0.6) is 5.88 Å². The van der Waals surface area contributed by atoms with E-state index in [0.29, 0.717) is 12.5 Å². The van der Waals surface area contributed by atoms with E-state index in [1.165, 1.54) is 0 Å². The van der Waals surface area contributed by atoms with Gasteiger partial charge in [-0.2, -0.15) is 5.10 Å². The molecule has 7 nitrogen and oxygen atoms in total. The molecule has 1 fully saturated rings. The fraction of sp³-hybridized carbons (Fsp3) is 0.571. The molecular weight excluding hydrogens is 300 g/mol. The van der Waals surface area contributed by atoms with Gasteiger partial charge in [-0.05, 0) is 19.9 Å². The highest BCUT2D eigenvalue weighted by Crippen LogP contribution is 2.20. The minimum Gasteiger partial charge on any atom is -0.475 e. The predicted octanol–water partition coefficient (Wildman–Crippen LogP) is 1.15. The molecule has 0 atom stereocenters. The van der Waals surface area contributed by atoms with E-state index in [2.05, 4.69) is 30.2 Å². The molecule has 0 aliphatic carbocycles. The number of hydrogen-bond donors (Lipinski definition) is 0. The first-order chi connectivity index (χ1) is 10.7. The van der Waals surface area contributed by atoms with Crippen LogP contribution in [0.2, 0.25) is 0 Å². The lowest BCUT2D eigenvalue weighted by atomic mass is 10.3. The van der Waals surface area contributed by atoms with Crippen molar-refractivity contribution in [3.8, 4) is 5.88 Å². The first-order valence-corrected chi connectivity index (χ1v) is 8.23. The summed E-state index contributed by atoms with van der Waals surface area (Å²) in [6.07, 6.45) is 0. The van der Waals surface area contributed by atoms with Crippen molar-refractivity contribution in [1.82, 2.24) is 25.3 Å². The average molecular weight is 320 g/mol. The maximum Gasteiger partial charge on any atom is 0.233 e. The number of aromatic nitrogens is 4. The van der Waals surface area contributed by atoms with Gasteiger partial charge < -0.3 is 9.64 Å². The molecule has 0 N–H and O–H groups in total. The van der Waals surface area contributed by atoms with Crippen molar-refractivity contribution in [1.29, 1.82) is 0 Å². The van der Waals surface area contributed by atoms with E-state index in [1.54, 1.807) is 11.3 Å². The van der Waals surface area contributed by atoms with Gasteiger partial charge in [0.2, 0.25) is 11.0 Å². The smallest absolute Gasteiger partial charge is 0.233 e. The van der Waals surface area contributed by atoms with Crippen LogP contribution in [0.4, 0.5) is 5.13 Å². The summed E-state index contributed by atoms with van der Waals surface area (Å²) < 4.78 is 5.63. The SMILES string of the molecule is Cc1ccc(OCCN2CCN(c3nnc(C)s3)CC2)nn1. The minimum atomic E-state index is 0.591. The molecular formula is C14H20N6OS. The Labute approximate surface area is 133 Å². The second kappa shape index (κ2) is 6.97. The van der Waals surface area contributed by atoms with Gasteiger partial charge in [0.15, 0.2) is 0 Å². The number of hydrogen-bond acceptors (Lipinski definition) is 8. The second-order valence-electron chi connectivity index (χ2n) is 5.29. The zero-order chi connectivity index (χ0) is 15.4. The third-order valence-electron chi connectivity index (χ3n) is 3.59. The molecule has 1 aliphatic heterocycles. The Morgan fingerprint density at radius 2 is 1.86 bits per heavy atom. The van der Waals surface area contributed by atoms with Crippen molar-refractivity contribution in [3.63, 3.8) is 0 Å². The van der Waals surface area contributed by atoms with Gasteiger partial charge >= 0.3 is 0 Å². The Hall–Kier alpha value is -1.80. The molecule has 0 amide bonds. The van der Waals surface area contributed by atoms with E-state index in [0.717, 1.165) is 48.6 Å². The van der Waals surface area contributed by atoms with Crippen molar-refractivity contribution in [2.45, 2.75) is 13.8 Å². The molecule has 1 saturated heterocycles. The predicted molar refractivity (Wildman–Crippen MR) is 85.6 cm³/mol. The van der Waals surface area contributed by atoms with Gasteiger partial charge in [-0.15, -0.1) is 15.3 Å². The highest BCUT2D eigenvalue weighted by atomic mass is 32.1. The van der Waals surface area contributed by atoms with Gasteiger partial charge in [0.05, 0.1) is 5.69 Å². The zero-order valence-electron chi connectivity index (χ0n) is 12.9. The molecule has 3 heterocycles. The number of rotatable bonds is 5. The molecule has 0 bridgehead atoms. The summed E-state index contributed by atoms with van der Waals surface area (Å²) in [7, 11) is 0. The highest BCUT2D eigenvalue weighted by molar-refractivity contribution is 7.15. The van der Waals surface area contributed by atoms with Gasteiger partial charge in [0.25, 0.3) is 0 Å². The third-order valence-corrected chi connectivity index (χ3v) is 4.49. The van der Waals surface area contributed by atoms with Crippen LogP contribution < -0.4 is 9.64 Å². The molecule has 118 valence electrons. The Balaban J connectivity index is 1.39. The van der Waals surface area contributed by atoms with E-state index in [1.807, 2.05) is 26.0 Å². The maximum absolute atomic E-state index is 5.63. The standard InChI is InChI=1S/C14H20N6OS/c1-11-3-4-13(17-15-11)21-10-9-19-5-7-20(8-6-19)14-18-16-12(2)22-14/h3-4H,5-10H2,1-2H3. The number of nitrogens with zero attached hydrogens (tertiary/aromatic N) is 6. The summed E-state index contributed by atoms with van der Waals surface area (Å²) in [4.78, 5) is 4.69. The molecule has 3 rings (SSSR count). The summed E-state index contributed by atoms with van der Waals surface area (Å²) >= 11 is 1.66. The minimum absolute atomic E-state index is 0.591. The lowest BCUT2D eigenvalue weighted by molar-refractivity contribution is 0.196. The van der Waals surface area contributed by atoms with Crippen LogP contribution >= 0.6 is 11.3 Å². The van der Waals surface area contributed by atoms with Crippen molar-refractivity contribution in [3.05, 3.63) is 22.8 Å². The summed E-state index contributed by atoms with van der Waals surface area (Å²) in [6, 6.07) is 3.77. The maximum atomic E-state index is 5.63. The Morgan fingerprint density at radius 1 is 1.05 bits per heavy atom. The summed E-state index contributed by atoms with van der Waals surface area (Å²) in [6.45, 7) is 9.44. The number of ether oxygens (including phenoxy) is 1. The highest BCUT2D eigenvalue weighted by Gasteiger charge is 2.19. The summed E-state index contributed by atoms with van der Waals surface area (Å²) in [5.74, 6) is 0.591. The van der Waals surface area contributed by atoms with E-state index < -0.39 is 0 Å². The van der Waals surface area contributed by atoms with Gasteiger partial charge in [0, 0.05) is 38.8 Å². The van der Waals surface area contributed by atoms with Crippen LogP contribution in [0.15, 0.2) is 12.1 Å². The van der Waals surface area contributed by atoms with Crippen LogP contribution in [0.3, 0.4) is 0 Å². The third kappa shape index (κ3) is 3.89. The monoisotopic (exact) mass is 320 g/mol. The zero-order valence-corrected chi connectivity index (χ0v) is 13.7. The topological polar surface area (TPSA) is 67.3 Å². The molecule has 0 spiro atoms. The molecule has 2 aromatic heterocycles. The number of anilines is 1. The molecule has 1 aliphatic rings. The quantitative estimate of drug-likeness (QED) is 0.818. The molecule has 0 radical (unpaired) electrons. The van der Waals surface area contributed by atoms with E-state index in [9.17, 15) is 0 Å². The molecule has 0 aromatic carbocycles. The summed E-state index contributed by atoms with van der Waals surface area (Å²) in [5.41, 5.74) is 0.899. The largest absolute Gasteiger partial charge is 0.475 e. The Bertz CT molecular complexity index is 594. The van der Waals surface area contributed by atoms with E-state index in [4.69, 9.17) is 4.74 Å². The number of aryl methyl sites for hydroxylation is 2. The van der Waals surface area contributed by atoms with E-state index in [-0.39, 0.29) is 0 Å². The van der Waals surface area contributed by atoms with Crippen LogP contribution in [-0.4, -0.2) is 64.6 Å². The van der Waals surface area contributed by atoms with Crippen LogP contribution in [0.25, 0.3) is 0 Å². The molecule has 22 heavy (non-hydrogen) atoms. The average Bonchev–Trinajstić information content (AvgIpc) is 2.97. The van der Waals surface area contributed by atoms with Gasteiger partial charge in [-0.3, -0.25) is 4.90 Å². The first kappa shape index (κ1) is 15.1. The van der Waals surface area contributed by atoms with Crippen LogP contribution in [0, 0.1) is 13.8 Å². The van der Waals surface area contributed by atoms with Crippen LogP contribution in [-0.2, 0) is 0 Å². The fourth-order valence-electron chi connectivity index (χ4n) is 2.32. The van der Waals surface area contributed by atoms with Crippen LogP contribution in [0.1, 0.15) is 10.7 Å². The Morgan fingerprint density at radius 3 is 2.50 bits per heavy atom. The van der Waals surface area contributed by atoms with Crippen molar-refractivity contribution >= 4 is 16.5 Å². The lowest BCUT2D eigenvalue weighted by Crippen LogP contribution is -2.47.